The van der Waals surface area contributed by atoms with E-state index in [1.807, 2.05) is 6.92 Å². The number of ether oxygens (including phenoxy) is 1. The maximum absolute atomic E-state index is 12.2. The summed E-state index contributed by atoms with van der Waals surface area (Å²) >= 11 is 0. The lowest BCUT2D eigenvalue weighted by atomic mass is 10.1. The third-order valence-corrected chi connectivity index (χ3v) is 2.94. The first-order valence-electron chi connectivity index (χ1n) is 6.62. The van der Waals surface area contributed by atoms with E-state index in [9.17, 15) is 18.0 Å². The fourth-order valence-electron chi connectivity index (χ4n) is 1.65. The molecule has 118 valence electrons. The number of alkyl halides is 3. The van der Waals surface area contributed by atoms with Gasteiger partial charge in [0.05, 0.1) is 0 Å². The van der Waals surface area contributed by atoms with Crippen molar-refractivity contribution in [3.8, 4) is 5.75 Å². The number of hydrogen-bond donors (Lipinski definition) is 2. The SMILES string of the molecule is CC(CN)CCC(=O)NCc1ccccc1OC(F)(F)F. The summed E-state index contributed by atoms with van der Waals surface area (Å²) in [6, 6.07) is 5.71. The van der Waals surface area contributed by atoms with Gasteiger partial charge in [-0.3, -0.25) is 4.79 Å². The van der Waals surface area contributed by atoms with Gasteiger partial charge in [-0.05, 0) is 24.9 Å². The average Bonchev–Trinajstić information content (AvgIpc) is 2.42. The predicted molar refractivity (Wildman–Crippen MR) is 72.4 cm³/mol. The van der Waals surface area contributed by atoms with Crippen molar-refractivity contribution in [3.05, 3.63) is 29.8 Å². The highest BCUT2D eigenvalue weighted by Gasteiger charge is 2.31. The van der Waals surface area contributed by atoms with E-state index in [0.29, 0.717) is 19.4 Å². The molecule has 1 amide bonds. The number of nitrogens with one attached hydrogen (secondary N) is 1. The lowest BCUT2D eigenvalue weighted by molar-refractivity contribution is -0.274. The molecule has 0 heterocycles. The van der Waals surface area contributed by atoms with Crippen molar-refractivity contribution in [2.75, 3.05) is 6.54 Å². The maximum atomic E-state index is 12.2. The maximum Gasteiger partial charge on any atom is 0.573 e. The fraction of sp³-hybridized carbons (Fsp3) is 0.500. The summed E-state index contributed by atoms with van der Waals surface area (Å²) in [5.41, 5.74) is 5.72. The van der Waals surface area contributed by atoms with Crippen LogP contribution in [0.25, 0.3) is 0 Å². The molecule has 0 radical (unpaired) electrons. The van der Waals surface area contributed by atoms with Gasteiger partial charge in [-0.15, -0.1) is 13.2 Å². The van der Waals surface area contributed by atoms with Crippen molar-refractivity contribution < 1.29 is 22.7 Å². The van der Waals surface area contributed by atoms with Gasteiger partial charge in [-0.25, -0.2) is 0 Å². The molecular formula is C14H19F3N2O2. The summed E-state index contributed by atoms with van der Waals surface area (Å²) < 4.78 is 40.7. The molecule has 0 aliphatic rings. The molecule has 3 N–H and O–H groups in total. The Morgan fingerprint density at radius 2 is 2.05 bits per heavy atom. The van der Waals surface area contributed by atoms with Gasteiger partial charge in [-0.2, -0.15) is 0 Å². The van der Waals surface area contributed by atoms with Crippen molar-refractivity contribution in [2.45, 2.75) is 32.7 Å². The highest BCUT2D eigenvalue weighted by molar-refractivity contribution is 5.75. The normalized spacial score (nSPS) is 12.8. The zero-order valence-corrected chi connectivity index (χ0v) is 11.7. The minimum absolute atomic E-state index is 0.0118. The number of carbonyl (C=O) groups is 1. The monoisotopic (exact) mass is 304 g/mol. The molecule has 0 aliphatic heterocycles. The smallest absolute Gasteiger partial charge is 0.405 e. The summed E-state index contributed by atoms with van der Waals surface area (Å²) in [6.07, 6.45) is -3.82. The molecule has 4 nitrogen and oxygen atoms in total. The first kappa shape index (κ1) is 17.3. The van der Waals surface area contributed by atoms with Gasteiger partial charge in [0.25, 0.3) is 0 Å². The number of nitrogens with two attached hydrogens (primary N) is 1. The molecule has 1 rings (SSSR count). The van der Waals surface area contributed by atoms with Crippen LogP contribution in [0.2, 0.25) is 0 Å². The molecule has 0 saturated carbocycles. The molecule has 1 aromatic rings. The topological polar surface area (TPSA) is 64.4 Å². The van der Waals surface area contributed by atoms with E-state index >= 15 is 0 Å². The summed E-state index contributed by atoms with van der Waals surface area (Å²) in [5, 5.41) is 2.58. The van der Waals surface area contributed by atoms with Crippen molar-refractivity contribution in [1.29, 1.82) is 0 Å². The molecule has 1 atom stereocenters. The highest BCUT2D eigenvalue weighted by atomic mass is 19.4. The third-order valence-electron chi connectivity index (χ3n) is 2.94. The molecule has 21 heavy (non-hydrogen) atoms. The molecule has 1 unspecified atom stereocenters. The van der Waals surface area contributed by atoms with Gasteiger partial charge in [0.15, 0.2) is 0 Å². The van der Waals surface area contributed by atoms with Crippen LogP contribution in [0.15, 0.2) is 24.3 Å². The second-order valence-electron chi connectivity index (χ2n) is 4.81. The summed E-state index contributed by atoms with van der Waals surface area (Å²) in [6.45, 7) is 2.41. The lowest BCUT2D eigenvalue weighted by Gasteiger charge is -2.14. The van der Waals surface area contributed by atoms with Gasteiger partial charge in [0.2, 0.25) is 5.91 Å². The lowest BCUT2D eigenvalue weighted by Crippen LogP contribution is -2.25. The molecule has 0 fully saturated rings. The number of para-hydroxylation sites is 1. The van der Waals surface area contributed by atoms with Crippen LogP contribution in [0, 0.1) is 5.92 Å². The van der Waals surface area contributed by atoms with Crippen LogP contribution in [0.3, 0.4) is 0 Å². The second-order valence-corrected chi connectivity index (χ2v) is 4.81. The Morgan fingerprint density at radius 1 is 1.38 bits per heavy atom. The number of carbonyl (C=O) groups excluding carboxylic acids is 1. The molecule has 0 bridgehead atoms. The van der Waals surface area contributed by atoms with Crippen molar-refractivity contribution in [1.82, 2.24) is 5.32 Å². The highest BCUT2D eigenvalue weighted by Crippen LogP contribution is 2.26. The van der Waals surface area contributed by atoms with E-state index in [4.69, 9.17) is 5.73 Å². The van der Waals surface area contributed by atoms with Crippen molar-refractivity contribution in [2.24, 2.45) is 11.7 Å². The number of halogens is 3. The average molecular weight is 304 g/mol. The summed E-state index contributed by atoms with van der Waals surface area (Å²) in [7, 11) is 0. The van der Waals surface area contributed by atoms with Gasteiger partial charge >= 0.3 is 6.36 Å². The Balaban J connectivity index is 2.53. The molecule has 1 aromatic carbocycles. The number of benzene rings is 1. The first-order chi connectivity index (χ1) is 9.81. The van der Waals surface area contributed by atoms with Gasteiger partial charge in [0.1, 0.15) is 5.75 Å². The van der Waals surface area contributed by atoms with E-state index in [1.54, 1.807) is 6.07 Å². The molecule has 0 aromatic heterocycles. The third kappa shape index (κ3) is 6.99. The number of hydrogen-bond acceptors (Lipinski definition) is 3. The van der Waals surface area contributed by atoms with E-state index in [-0.39, 0.29) is 29.7 Å². The first-order valence-corrected chi connectivity index (χ1v) is 6.62. The quantitative estimate of drug-likeness (QED) is 0.814. The Kier molecular flexibility index (Phi) is 6.48. The van der Waals surface area contributed by atoms with E-state index in [0.717, 1.165) is 0 Å². The summed E-state index contributed by atoms with van der Waals surface area (Å²) in [5.74, 6) is -0.297. The molecule has 0 spiro atoms. The van der Waals surface area contributed by atoms with Crippen LogP contribution in [0.4, 0.5) is 13.2 Å². The van der Waals surface area contributed by atoms with Crippen LogP contribution in [0.5, 0.6) is 5.75 Å². The second kappa shape index (κ2) is 7.87. The zero-order valence-electron chi connectivity index (χ0n) is 11.7. The minimum Gasteiger partial charge on any atom is -0.405 e. The predicted octanol–water partition coefficient (Wildman–Crippen LogP) is 2.58. The largest absolute Gasteiger partial charge is 0.573 e. The molecular weight excluding hydrogens is 285 g/mol. The minimum atomic E-state index is -4.75. The van der Waals surface area contributed by atoms with Gasteiger partial charge in [0, 0.05) is 18.5 Å². The number of amides is 1. The Labute approximate surface area is 121 Å². The Bertz CT molecular complexity index is 464. The van der Waals surface area contributed by atoms with Crippen LogP contribution >= 0.6 is 0 Å². The van der Waals surface area contributed by atoms with E-state index in [1.165, 1.54) is 18.2 Å². The molecule has 0 saturated heterocycles. The van der Waals surface area contributed by atoms with Gasteiger partial charge in [-0.1, -0.05) is 25.1 Å². The zero-order chi connectivity index (χ0) is 15.9. The number of rotatable bonds is 7. The molecule has 7 heteroatoms. The summed E-state index contributed by atoms with van der Waals surface area (Å²) in [4.78, 5) is 11.6. The van der Waals surface area contributed by atoms with Crippen LogP contribution < -0.4 is 15.8 Å². The van der Waals surface area contributed by atoms with Crippen LogP contribution in [-0.4, -0.2) is 18.8 Å². The Morgan fingerprint density at radius 3 is 2.67 bits per heavy atom. The standard InChI is InChI=1S/C14H19F3N2O2/c1-10(8-18)6-7-13(20)19-9-11-4-2-3-5-12(11)21-14(15,16)17/h2-5,10H,6-9,18H2,1H3,(H,19,20). The van der Waals surface area contributed by atoms with Crippen molar-refractivity contribution >= 4 is 5.91 Å². The van der Waals surface area contributed by atoms with E-state index < -0.39 is 6.36 Å². The van der Waals surface area contributed by atoms with Crippen molar-refractivity contribution in [3.63, 3.8) is 0 Å². The van der Waals surface area contributed by atoms with Gasteiger partial charge < -0.3 is 15.8 Å². The van der Waals surface area contributed by atoms with E-state index in [2.05, 4.69) is 10.1 Å². The van der Waals surface area contributed by atoms with Crippen LogP contribution in [-0.2, 0) is 11.3 Å². The Hall–Kier alpha value is -1.76. The van der Waals surface area contributed by atoms with Crippen LogP contribution in [0.1, 0.15) is 25.3 Å². The fourth-order valence-corrected chi connectivity index (χ4v) is 1.65. The molecule has 0 aliphatic carbocycles.